The first kappa shape index (κ1) is 19.0. The van der Waals surface area contributed by atoms with E-state index in [1.807, 2.05) is 30.3 Å². The quantitative estimate of drug-likeness (QED) is 0.429. The summed E-state index contributed by atoms with van der Waals surface area (Å²) in [5.74, 6) is -0.0112. The lowest BCUT2D eigenvalue weighted by Gasteiger charge is -2.29. The van der Waals surface area contributed by atoms with E-state index in [0.717, 1.165) is 46.7 Å². The maximum absolute atomic E-state index is 14.2. The summed E-state index contributed by atoms with van der Waals surface area (Å²) in [7, 11) is 0. The number of rotatable bonds is 5. The van der Waals surface area contributed by atoms with Gasteiger partial charge in [0, 0.05) is 34.3 Å². The van der Waals surface area contributed by atoms with Crippen LogP contribution in [0.25, 0.3) is 11.3 Å². The fraction of sp³-hybridized carbons (Fsp3) is 0.333. The van der Waals surface area contributed by atoms with Crippen molar-refractivity contribution in [3.63, 3.8) is 0 Å². The van der Waals surface area contributed by atoms with Crippen LogP contribution in [0, 0.1) is 11.4 Å². The number of nitrogens with one attached hydrogen (secondary N) is 2. The summed E-state index contributed by atoms with van der Waals surface area (Å²) in [6.07, 6.45) is 3.01. The number of pyridine rings is 1. The summed E-state index contributed by atoms with van der Waals surface area (Å²) in [6, 6.07) is 11.2. The van der Waals surface area contributed by atoms with E-state index in [9.17, 15) is 4.39 Å². The molecule has 2 aromatic heterocycles. The number of nitrogens with zero attached hydrogens (tertiary/aromatic N) is 2. The molecule has 5 nitrogen and oxygen atoms in total. The highest BCUT2D eigenvalue weighted by molar-refractivity contribution is 7.97. The Bertz CT molecular complexity index is 981. The molecule has 0 unspecified atom stereocenters. The molecule has 2 heterocycles. The van der Waals surface area contributed by atoms with Gasteiger partial charge in [0.1, 0.15) is 5.82 Å². The molecular weight excluding hydrogens is 373 g/mol. The fourth-order valence-electron chi connectivity index (χ4n) is 3.69. The molecule has 0 aliphatic heterocycles. The van der Waals surface area contributed by atoms with Crippen LogP contribution in [0.4, 0.5) is 10.2 Å². The van der Waals surface area contributed by atoms with Crippen molar-refractivity contribution >= 4 is 17.8 Å². The lowest BCUT2D eigenvalue weighted by Crippen LogP contribution is -2.21. The second-order valence-corrected chi connectivity index (χ2v) is 8.76. The van der Waals surface area contributed by atoms with Crippen LogP contribution in [0.15, 0.2) is 41.3 Å². The number of benzene rings is 1. The number of H-pyrrole nitrogens is 1. The Kier molecular flexibility index (Phi) is 5.12. The van der Waals surface area contributed by atoms with Crippen molar-refractivity contribution in [2.75, 3.05) is 5.32 Å². The molecule has 0 radical (unpaired) electrons. The van der Waals surface area contributed by atoms with Gasteiger partial charge < -0.3 is 5.32 Å². The van der Waals surface area contributed by atoms with E-state index in [1.165, 1.54) is 23.6 Å². The minimum absolute atomic E-state index is 0.269. The van der Waals surface area contributed by atoms with Gasteiger partial charge in [0.25, 0.3) is 0 Å². The number of aromatic nitrogens is 3. The normalized spacial score (nSPS) is 15.3. The molecule has 1 aromatic carbocycles. The van der Waals surface area contributed by atoms with Crippen molar-refractivity contribution in [2.24, 2.45) is 10.6 Å². The fourth-order valence-corrected chi connectivity index (χ4v) is 3.98. The number of aromatic amines is 1. The largest absolute Gasteiger partial charge is 0.366 e. The predicted molar refractivity (Wildman–Crippen MR) is 111 cm³/mol. The van der Waals surface area contributed by atoms with Gasteiger partial charge in [-0.05, 0) is 60.4 Å². The minimum Gasteiger partial charge on any atom is -0.366 e. The number of anilines is 1. The lowest BCUT2D eigenvalue weighted by atomic mass is 9.76. The summed E-state index contributed by atoms with van der Waals surface area (Å²) < 4.78 is 14.2. The Balaban J connectivity index is 1.55. The SMILES string of the molecule is CC1(C)CCc2c(-c3cc(F)nc(NCc4ccc(SN)cc4)c3)n[nH]c2C1. The van der Waals surface area contributed by atoms with Crippen LogP contribution >= 0.6 is 11.9 Å². The van der Waals surface area contributed by atoms with Crippen LogP contribution in [0.2, 0.25) is 0 Å². The Morgan fingerprint density at radius 2 is 2.04 bits per heavy atom. The number of hydrogen-bond donors (Lipinski definition) is 3. The molecule has 4 N–H and O–H groups in total. The Hall–Kier alpha value is -2.38. The van der Waals surface area contributed by atoms with Crippen LogP contribution in [0.5, 0.6) is 0 Å². The average molecular weight is 398 g/mol. The maximum atomic E-state index is 14.2. The van der Waals surface area contributed by atoms with Crippen molar-refractivity contribution in [1.29, 1.82) is 0 Å². The predicted octanol–water partition coefficient (Wildman–Crippen LogP) is 4.70. The van der Waals surface area contributed by atoms with E-state index >= 15 is 0 Å². The van der Waals surface area contributed by atoms with E-state index in [-0.39, 0.29) is 5.41 Å². The average Bonchev–Trinajstić information content (AvgIpc) is 3.08. The molecule has 1 aliphatic carbocycles. The summed E-state index contributed by atoms with van der Waals surface area (Å²) in [6.45, 7) is 5.09. The number of fused-ring (bicyclic) bond motifs is 1. The molecule has 0 atom stereocenters. The van der Waals surface area contributed by atoms with Crippen molar-refractivity contribution in [1.82, 2.24) is 15.2 Å². The van der Waals surface area contributed by atoms with E-state index in [1.54, 1.807) is 0 Å². The summed E-state index contributed by atoms with van der Waals surface area (Å²) in [5, 5.41) is 16.4. The highest BCUT2D eigenvalue weighted by atomic mass is 32.2. The van der Waals surface area contributed by atoms with Gasteiger partial charge in [-0.15, -0.1) is 0 Å². The second kappa shape index (κ2) is 7.56. The van der Waals surface area contributed by atoms with Crippen molar-refractivity contribution in [3.05, 3.63) is 59.2 Å². The topological polar surface area (TPSA) is 79.6 Å². The molecule has 4 rings (SSSR count). The smallest absolute Gasteiger partial charge is 0.215 e. The second-order valence-electron chi connectivity index (χ2n) is 8.05. The highest BCUT2D eigenvalue weighted by Crippen LogP contribution is 2.38. The van der Waals surface area contributed by atoms with Gasteiger partial charge in [0.2, 0.25) is 5.95 Å². The van der Waals surface area contributed by atoms with Crippen molar-refractivity contribution in [3.8, 4) is 11.3 Å². The van der Waals surface area contributed by atoms with Crippen LogP contribution in [0.3, 0.4) is 0 Å². The van der Waals surface area contributed by atoms with Gasteiger partial charge in [0.15, 0.2) is 0 Å². The van der Waals surface area contributed by atoms with Crippen molar-refractivity contribution < 1.29 is 4.39 Å². The number of hydrogen-bond acceptors (Lipinski definition) is 5. The molecular formula is C21H24FN5S. The maximum Gasteiger partial charge on any atom is 0.215 e. The summed E-state index contributed by atoms with van der Waals surface area (Å²) >= 11 is 1.21. The standard InChI is InChI=1S/C21H24FN5S/c1-21(2)8-7-16-17(11-21)26-27-20(16)14-9-18(22)25-19(10-14)24-12-13-3-5-15(28-23)6-4-13/h3-6,9-10H,7-8,11-12,23H2,1-2H3,(H,24,25)(H,26,27). The third-order valence-corrected chi connectivity index (χ3v) is 5.80. The summed E-state index contributed by atoms with van der Waals surface area (Å²) in [5.41, 5.74) is 5.29. The van der Waals surface area contributed by atoms with E-state index in [0.29, 0.717) is 12.4 Å². The molecule has 0 fully saturated rings. The van der Waals surface area contributed by atoms with Crippen LogP contribution < -0.4 is 10.5 Å². The zero-order chi connectivity index (χ0) is 19.7. The van der Waals surface area contributed by atoms with Gasteiger partial charge in [-0.3, -0.25) is 10.2 Å². The van der Waals surface area contributed by atoms with Crippen LogP contribution in [0.1, 0.15) is 37.1 Å². The summed E-state index contributed by atoms with van der Waals surface area (Å²) in [4.78, 5) is 4.99. The Morgan fingerprint density at radius 1 is 1.25 bits per heavy atom. The molecule has 1 aliphatic rings. The highest BCUT2D eigenvalue weighted by Gasteiger charge is 2.29. The number of nitrogens with two attached hydrogens (primary N) is 1. The van der Waals surface area contributed by atoms with Crippen molar-refractivity contribution in [2.45, 2.75) is 44.6 Å². The molecule has 0 amide bonds. The Morgan fingerprint density at radius 3 is 2.79 bits per heavy atom. The van der Waals surface area contributed by atoms with Gasteiger partial charge in [-0.2, -0.15) is 9.49 Å². The van der Waals surface area contributed by atoms with E-state index < -0.39 is 5.95 Å². The first-order chi connectivity index (χ1) is 13.4. The van der Waals surface area contributed by atoms with Gasteiger partial charge >= 0.3 is 0 Å². The molecule has 0 saturated carbocycles. The first-order valence-electron chi connectivity index (χ1n) is 9.37. The zero-order valence-corrected chi connectivity index (χ0v) is 16.9. The molecule has 7 heteroatoms. The van der Waals surface area contributed by atoms with Crippen LogP contribution in [-0.4, -0.2) is 15.2 Å². The third kappa shape index (κ3) is 4.05. The molecule has 0 bridgehead atoms. The first-order valence-corrected chi connectivity index (χ1v) is 10.3. The van der Waals surface area contributed by atoms with Gasteiger partial charge in [0.05, 0.1) is 5.69 Å². The molecule has 0 saturated heterocycles. The molecule has 3 aromatic rings. The molecule has 28 heavy (non-hydrogen) atoms. The van der Waals surface area contributed by atoms with E-state index in [4.69, 9.17) is 5.14 Å². The lowest BCUT2D eigenvalue weighted by molar-refractivity contribution is 0.312. The molecule has 0 spiro atoms. The van der Waals surface area contributed by atoms with Gasteiger partial charge in [-0.25, -0.2) is 4.98 Å². The monoisotopic (exact) mass is 397 g/mol. The third-order valence-electron chi connectivity index (χ3n) is 5.26. The minimum atomic E-state index is -0.511. The number of halogens is 1. The van der Waals surface area contributed by atoms with Gasteiger partial charge in [-0.1, -0.05) is 26.0 Å². The van der Waals surface area contributed by atoms with Crippen LogP contribution in [-0.2, 0) is 19.4 Å². The molecule has 146 valence electrons. The van der Waals surface area contributed by atoms with E-state index in [2.05, 4.69) is 34.3 Å². The zero-order valence-electron chi connectivity index (χ0n) is 16.1. The Labute approximate surface area is 168 Å².